The van der Waals surface area contributed by atoms with Gasteiger partial charge >= 0.3 is 0 Å². The first kappa shape index (κ1) is 16.5. The molecule has 1 N–H and O–H groups in total. The molecule has 0 spiro atoms. The van der Waals surface area contributed by atoms with Gasteiger partial charge in [-0.25, -0.2) is 0 Å². The molecule has 3 rings (SSSR count). The SMILES string of the molecule is COc1ccc(-n2ccc(C=Nc3ccc(NC(C)=O)cc3)c2)cc1. The number of aromatic nitrogens is 1. The van der Waals surface area contributed by atoms with Crippen molar-refractivity contribution in [2.45, 2.75) is 6.92 Å². The number of anilines is 1. The van der Waals surface area contributed by atoms with Gasteiger partial charge in [0.05, 0.1) is 12.8 Å². The summed E-state index contributed by atoms with van der Waals surface area (Å²) in [5.74, 6) is 0.747. The van der Waals surface area contributed by atoms with Crippen LogP contribution < -0.4 is 10.1 Å². The van der Waals surface area contributed by atoms with E-state index >= 15 is 0 Å². The predicted molar refractivity (Wildman–Crippen MR) is 100 cm³/mol. The maximum Gasteiger partial charge on any atom is 0.221 e. The van der Waals surface area contributed by atoms with Crippen molar-refractivity contribution in [3.8, 4) is 11.4 Å². The molecular weight excluding hydrogens is 314 g/mol. The molecule has 1 amide bonds. The van der Waals surface area contributed by atoms with E-state index in [0.717, 1.165) is 28.4 Å². The third-order valence-electron chi connectivity index (χ3n) is 3.64. The van der Waals surface area contributed by atoms with Gasteiger partial charge in [-0.2, -0.15) is 0 Å². The summed E-state index contributed by atoms with van der Waals surface area (Å²) in [4.78, 5) is 15.5. The van der Waals surface area contributed by atoms with Gasteiger partial charge in [0.25, 0.3) is 0 Å². The van der Waals surface area contributed by atoms with Crippen molar-refractivity contribution in [3.63, 3.8) is 0 Å². The third-order valence-corrected chi connectivity index (χ3v) is 3.64. The summed E-state index contributed by atoms with van der Waals surface area (Å²) in [6.07, 6.45) is 5.81. The van der Waals surface area contributed by atoms with E-state index in [9.17, 15) is 4.79 Å². The van der Waals surface area contributed by atoms with E-state index in [1.165, 1.54) is 6.92 Å². The third kappa shape index (κ3) is 4.35. The Labute approximate surface area is 146 Å². The lowest BCUT2D eigenvalue weighted by Crippen LogP contribution is -2.04. The van der Waals surface area contributed by atoms with Crippen molar-refractivity contribution in [1.29, 1.82) is 0 Å². The van der Waals surface area contributed by atoms with Crippen molar-refractivity contribution >= 4 is 23.5 Å². The van der Waals surface area contributed by atoms with Crippen LogP contribution in [0.3, 0.4) is 0 Å². The van der Waals surface area contributed by atoms with Crippen molar-refractivity contribution in [2.75, 3.05) is 12.4 Å². The predicted octanol–water partition coefficient (Wildman–Crippen LogP) is 4.19. The molecule has 1 heterocycles. The normalized spacial score (nSPS) is 10.8. The van der Waals surface area contributed by atoms with Crippen LogP contribution in [0.25, 0.3) is 5.69 Å². The molecule has 25 heavy (non-hydrogen) atoms. The van der Waals surface area contributed by atoms with Crippen LogP contribution >= 0.6 is 0 Å². The Morgan fingerprint density at radius 3 is 2.44 bits per heavy atom. The van der Waals surface area contributed by atoms with Crippen LogP contribution in [-0.2, 0) is 4.79 Å². The lowest BCUT2D eigenvalue weighted by Gasteiger charge is -2.04. The van der Waals surface area contributed by atoms with Gasteiger partial charge in [0.2, 0.25) is 5.91 Å². The highest BCUT2D eigenvalue weighted by molar-refractivity contribution is 5.89. The van der Waals surface area contributed by atoms with Crippen molar-refractivity contribution in [1.82, 2.24) is 4.57 Å². The molecule has 0 aliphatic carbocycles. The second kappa shape index (κ2) is 7.49. The van der Waals surface area contributed by atoms with Gasteiger partial charge in [-0.3, -0.25) is 9.79 Å². The minimum Gasteiger partial charge on any atom is -0.497 e. The summed E-state index contributed by atoms with van der Waals surface area (Å²) in [7, 11) is 1.65. The lowest BCUT2D eigenvalue weighted by atomic mass is 10.3. The van der Waals surface area contributed by atoms with Crippen LogP contribution in [0.15, 0.2) is 72.0 Å². The minimum atomic E-state index is -0.0869. The molecule has 0 saturated carbocycles. The topological polar surface area (TPSA) is 55.6 Å². The number of rotatable bonds is 5. The Kier molecular flexibility index (Phi) is 4.95. The highest BCUT2D eigenvalue weighted by Crippen LogP contribution is 2.18. The molecule has 0 saturated heterocycles. The van der Waals surface area contributed by atoms with Crippen LogP contribution in [0.2, 0.25) is 0 Å². The first-order valence-electron chi connectivity index (χ1n) is 7.88. The zero-order chi connectivity index (χ0) is 17.6. The molecule has 0 unspecified atom stereocenters. The molecular formula is C20H19N3O2. The number of carbonyl (C=O) groups is 1. The number of hydrogen-bond acceptors (Lipinski definition) is 3. The van der Waals surface area contributed by atoms with Gasteiger partial charge in [0, 0.05) is 42.5 Å². The number of nitrogens with zero attached hydrogens (tertiary/aromatic N) is 2. The van der Waals surface area contributed by atoms with E-state index in [1.807, 2.05) is 77.8 Å². The zero-order valence-corrected chi connectivity index (χ0v) is 14.1. The van der Waals surface area contributed by atoms with E-state index in [2.05, 4.69) is 10.3 Å². The van der Waals surface area contributed by atoms with Crippen molar-refractivity contribution < 1.29 is 9.53 Å². The summed E-state index contributed by atoms with van der Waals surface area (Å²) in [5.41, 5.74) is 3.64. The Balaban J connectivity index is 1.69. The molecule has 126 valence electrons. The molecule has 0 aliphatic rings. The molecule has 0 radical (unpaired) electrons. The first-order chi connectivity index (χ1) is 12.1. The van der Waals surface area contributed by atoms with Gasteiger partial charge in [0.15, 0.2) is 0 Å². The molecule has 0 aliphatic heterocycles. The lowest BCUT2D eigenvalue weighted by molar-refractivity contribution is -0.114. The first-order valence-corrected chi connectivity index (χ1v) is 7.88. The summed E-state index contributed by atoms with van der Waals surface area (Å²) in [6, 6.07) is 17.2. The highest BCUT2D eigenvalue weighted by Gasteiger charge is 1.99. The second-order valence-electron chi connectivity index (χ2n) is 5.54. The number of ether oxygens (including phenoxy) is 1. The Hall–Kier alpha value is -3.34. The molecule has 1 aromatic heterocycles. The van der Waals surface area contributed by atoms with Crippen LogP contribution in [-0.4, -0.2) is 23.8 Å². The minimum absolute atomic E-state index is 0.0869. The number of nitrogens with one attached hydrogen (secondary N) is 1. The quantitative estimate of drug-likeness (QED) is 0.712. The van der Waals surface area contributed by atoms with Crippen LogP contribution in [0, 0.1) is 0 Å². The molecule has 5 nitrogen and oxygen atoms in total. The summed E-state index contributed by atoms with van der Waals surface area (Å²) >= 11 is 0. The maximum absolute atomic E-state index is 11.0. The molecule has 0 fully saturated rings. The zero-order valence-electron chi connectivity index (χ0n) is 14.1. The molecule has 0 atom stereocenters. The summed E-state index contributed by atoms with van der Waals surface area (Å²) in [5, 5.41) is 2.73. The number of benzene rings is 2. The van der Waals surface area contributed by atoms with Gasteiger partial charge in [-0.1, -0.05) is 0 Å². The smallest absolute Gasteiger partial charge is 0.221 e. The van der Waals surface area contributed by atoms with Gasteiger partial charge in [-0.05, 0) is 54.6 Å². The highest BCUT2D eigenvalue weighted by atomic mass is 16.5. The van der Waals surface area contributed by atoms with Crippen LogP contribution in [0.5, 0.6) is 5.75 Å². The number of amides is 1. The molecule has 5 heteroatoms. The average molecular weight is 333 g/mol. The van der Waals surface area contributed by atoms with Crippen molar-refractivity contribution in [2.24, 2.45) is 4.99 Å². The Morgan fingerprint density at radius 2 is 1.80 bits per heavy atom. The fourth-order valence-electron chi connectivity index (χ4n) is 2.39. The molecule has 2 aromatic carbocycles. The van der Waals surface area contributed by atoms with Crippen LogP contribution in [0.1, 0.15) is 12.5 Å². The Morgan fingerprint density at radius 1 is 1.08 bits per heavy atom. The average Bonchev–Trinajstić information content (AvgIpc) is 3.10. The summed E-state index contributed by atoms with van der Waals surface area (Å²) < 4.78 is 7.20. The summed E-state index contributed by atoms with van der Waals surface area (Å²) in [6.45, 7) is 1.49. The van der Waals surface area contributed by atoms with E-state index in [-0.39, 0.29) is 5.91 Å². The standard InChI is InChI=1S/C20H19N3O2/c1-15(24)22-18-5-3-17(4-6-18)21-13-16-11-12-23(14-16)19-7-9-20(25-2)10-8-19/h3-14H,1-2H3,(H,22,24). The van der Waals surface area contributed by atoms with Crippen molar-refractivity contribution in [3.05, 3.63) is 72.6 Å². The monoisotopic (exact) mass is 333 g/mol. The van der Waals surface area contributed by atoms with E-state index in [1.54, 1.807) is 7.11 Å². The van der Waals surface area contributed by atoms with Gasteiger partial charge < -0.3 is 14.6 Å². The van der Waals surface area contributed by atoms with Gasteiger partial charge in [0.1, 0.15) is 5.75 Å². The Bertz CT molecular complexity index is 878. The number of hydrogen-bond donors (Lipinski definition) is 1. The van der Waals surface area contributed by atoms with Gasteiger partial charge in [-0.15, -0.1) is 0 Å². The number of methoxy groups -OCH3 is 1. The maximum atomic E-state index is 11.0. The largest absolute Gasteiger partial charge is 0.497 e. The van der Waals surface area contributed by atoms with Crippen LogP contribution in [0.4, 0.5) is 11.4 Å². The van der Waals surface area contributed by atoms with E-state index in [4.69, 9.17) is 4.74 Å². The molecule has 3 aromatic rings. The van der Waals surface area contributed by atoms with E-state index < -0.39 is 0 Å². The second-order valence-corrected chi connectivity index (χ2v) is 5.54. The number of aliphatic imine (C=N–C) groups is 1. The fraction of sp³-hybridized carbons (Fsp3) is 0.100. The van der Waals surface area contributed by atoms with E-state index in [0.29, 0.717) is 0 Å². The number of carbonyl (C=O) groups excluding carboxylic acids is 1. The molecule has 0 bridgehead atoms. The fourth-order valence-corrected chi connectivity index (χ4v) is 2.39.